The van der Waals surface area contributed by atoms with E-state index in [1.807, 2.05) is 12.5 Å². The lowest BCUT2D eigenvalue weighted by atomic mass is 11.0. The molecule has 2 nitrogen and oxygen atoms in total. The molecule has 0 aliphatic rings. The summed E-state index contributed by atoms with van der Waals surface area (Å²) >= 11 is 0. The van der Waals surface area contributed by atoms with Crippen LogP contribution in [0.5, 0.6) is 0 Å². The van der Waals surface area contributed by atoms with Gasteiger partial charge in [-0.3, -0.25) is 9.22 Å². The second kappa shape index (κ2) is 3.63. The summed E-state index contributed by atoms with van der Waals surface area (Å²) in [4.78, 5) is 3.01. The highest BCUT2D eigenvalue weighted by Crippen LogP contribution is 1.69. The molecule has 0 aliphatic carbocycles. The SMILES string of the molecule is CC[Si][Si][n+]1cc[nH]c1. The second-order valence-corrected chi connectivity index (χ2v) is 5.19. The van der Waals surface area contributed by atoms with Gasteiger partial charge >= 0.3 is 9.20 Å². The van der Waals surface area contributed by atoms with Crippen LogP contribution in [0, 0.1) is 0 Å². The molecule has 1 aromatic rings. The third-order valence-electron chi connectivity index (χ3n) is 0.930. The first-order valence-electron chi connectivity index (χ1n) is 2.96. The molecule has 46 valence electrons. The summed E-state index contributed by atoms with van der Waals surface area (Å²) in [6.45, 7) is 2.22. The van der Waals surface area contributed by atoms with E-state index in [1.54, 1.807) is 0 Å². The molecule has 4 heteroatoms. The summed E-state index contributed by atoms with van der Waals surface area (Å²) in [5.41, 5.74) is 0. The largest absolute Gasteiger partial charge is 0.307 e. The van der Waals surface area contributed by atoms with E-state index in [0.717, 1.165) is 18.2 Å². The molecule has 9 heavy (non-hydrogen) atoms. The van der Waals surface area contributed by atoms with E-state index in [4.69, 9.17) is 0 Å². The Balaban J connectivity index is 2.30. The van der Waals surface area contributed by atoms with E-state index in [0.29, 0.717) is 0 Å². The summed E-state index contributed by atoms with van der Waals surface area (Å²) in [6, 6.07) is 1.30. The smallest absolute Gasteiger partial charge is 0.288 e. The van der Waals surface area contributed by atoms with E-state index >= 15 is 0 Å². The van der Waals surface area contributed by atoms with Crippen molar-refractivity contribution >= 4 is 18.2 Å². The fraction of sp³-hybridized carbons (Fsp3) is 0.400. The summed E-state index contributed by atoms with van der Waals surface area (Å²) in [6.07, 6.45) is 6.02. The van der Waals surface area contributed by atoms with E-state index in [2.05, 4.69) is 22.3 Å². The molecule has 1 N–H and O–H groups in total. The van der Waals surface area contributed by atoms with Gasteiger partial charge in [0.05, 0.1) is 9.04 Å². The minimum atomic E-state index is 0.942. The molecule has 4 radical (unpaired) electrons. The van der Waals surface area contributed by atoms with E-state index in [9.17, 15) is 0 Å². The maximum atomic E-state index is 3.01. The number of H-pyrrole nitrogens is 1. The number of hydrogen-bond acceptors (Lipinski definition) is 0. The normalized spacial score (nSPS) is 9.89. The molecule has 0 spiro atoms. The van der Waals surface area contributed by atoms with Gasteiger partial charge in [-0.1, -0.05) is 13.0 Å². The average molecular weight is 153 g/mol. The number of aromatic amines is 1. The van der Waals surface area contributed by atoms with Crippen molar-refractivity contribution in [2.75, 3.05) is 0 Å². The zero-order chi connectivity index (χ0) is 6.53. The maximum Gasteiger partial charge on any atom is 0.307 e. The third-order valence-corrected chi connectivity index (χ3v) is 4.29. The van der Waals surface area contributed by atoms with Gasteiger partial charge in [0.1, 0.15) is 12.4 Å². The zero-order valence-corrected chi connectivity index (χ0v) is 7.39. The quantitative estimate of drug-likeness (QED) is 0.582. The van der Waals surface area contributed by atoms with Crippen LogP contribution in [0.25, 0.3) is 0 Å². The van der Waals surface area contributed by atoms with E-state index in [1.165, 1.54) is 6.04 Å². The van der Waals surface area contributed by atoms with Gasteiger partial charge < -0.3 is 0 Å². The van der Waals surface area contributed by atoms with Gasteiger partial charge in [0.15, 0.2) is 0 Å². The molecule has 0 aliphatic heterocycles. The topological polar surface area (TPSA) is 19.7 Å². The monoisotopic (exact) mass is 153 g/mol. The number of aromatic nitrogens is 2. The Morgan fingerprint density at radius 2 is 2.56 bits per heavy atom. The molecule has 0 saturated heterocycles. The lowest BCUT2D eigenvalue weighted by Crippen LogP contribution is -2.40. The van der Waals surface area contributed by atoms with Crippen LogP contribution >= 0.6 is 0 Å². The van der Waals surface area contributed by atoms with Crippen LogP contribution in [0.15, 0.2) is 18.7 Å². The van der Waals surface area contributed by atoms with E-state index < -0.39 is 0 Å². The van der Waals surface area contributed by atoms with Crippen molar-refractivity contribution < 1.29 is 4.23 Å². The van der Waals surface area contributed by atoms with Crippen molar-refractivity contribution in [3.05, 3.63) is 18.7 Å². The van der Waals surface area contributed by atoms with Crippen LogP contribution < -0.4 is 4.23 Å². The van der Waals surface area contributed by atoms with Crippen LogP contribution in [0.2, 0.25) is 6.04 Å². The molecular weight excluding hydrogens is 144 g/mol. The Morgan fingerprint density at radius 3 is 3.11 bits per heavy atom. The molecule has 0 aromatic carbocycles. The number of hydrogen-bond donors (Lipinski definition) is 1. The van der Waals surface area contributed by atoms with Gasteiger partial charge in [0.2, 0.25) is 6.33 Å². The molecule has 1 heterocycles. The standard InChI is InChI=1S/C5H9N2Si2/c1-2-8-9-7-4-3-6-5-7/h3-6H,2H2,1H3/q+1. The van der Waals surface area contributed by atoms with Gasteiger partial charge in [-0.15, -0.1) is 0 Å². The first kappa shape index (κ1) is 6.76. The van der Waals surface area contributed by atoms with Crippen molar-refractivity contribution in [3.63, 3.8) is 0 Å². The number of imidazole rings is 1. The summed E-state index contributed by atoms with van der Waals surface area (Å²) < 4.78 is 2.20. The molecule has 0 bridgehead atoms. The lowest BCUT2D eigenvalue weighted by Gasteiger charge is -1.84. The van der Waals surface area contributed by atoms with Gasteiger partial charge in [0.25, 0.3) is 0 Å². The van der Waals surface area contributed by atoms with Gasteiger partial charge in [-0.05, 0) is 0 Å². The van der Waals surface area contributed by atoms with Crippen molar-refractivity contribution in [1.82, 2.24) is 4.98 Å². The van der Waals surface area contributed by atoms with E-state index in [-0.39, 0.29) is 0 Å². The highest BCUT2D eigenvalue weighted by atomic mass is 29.1. The Hall–Kier alpha value is -0.356. The minimum Gasteiger partial charge on any atom is -0.288 e. The Labute approximate surface area is 59.8 Å². The van der Waals surface area contributed by atoms with Crippen molar-refractivity contribution in [2.45, 2.75) is 13.0 Å². The minimum absolute atomic E-state index is 0.942. The molecule has 0 amide bonds. The molecule has 0 atom stereocenters. The van der Waals surface area contributed by atoms with Crippen LogP contribution in [0.1, 0.15) is 6.92 Å². The first-order chi connectivity index (χ1) is 4.43. The van der Waals surface area contributed by atoms with Crippen LogP contribution in [0.4, 0.5) is 0 Å². The summed E-state index contributed by atoms with van der Waals surface area (Å²) in [5, 5.41) is 0. The number of rotatable bonds is 3. The van der Waals surface area contributed by atoms with Crippen molar-refractivity contribution in [2.24, 2.45) is 0 Å². The Morgan fingerprint density at radius 1 is 1.67 bits per heavy atom. The average Bonchev–Trinajstić information content (AvgIpc) is 2.34. The van der Waals surface area contributed by atoms with Gasteiger partial charge in [-0.2, -0.15) is 0 Å². The van der Waals surface area contributed by atoms with Crippen LogP contribution in [0.3, 0.4) is 0 Å². The highest BCUT2D eigenvalue weighted by Gasteiger charge is 1.97. The number of nitrogens with one attached hydrogen (secondary N) is 1. The molecule has 1 rings (SSSR count). The summed E-state index contributed by atoms with van der Waals surface area (Å²) in [7, 11) is 2.02. The third kappa shape index (κ3) is 2.15. The fourth-order valence-corrected chi connectivity index (χ4v) is 2.60. The molecule has 0 fully saturated rings. The predicted molar refractivity (Wildman–Crippen MR) is 38.4 cm³/mol. The fourth-order valence-electron chi connectivity index (χ4n) is 0.530. The highest BCUT2D eigenvalue weighted by molar-refractivity contribution is 6.96. The second-order valence-electron chi connectivity index (χ2n) is 1.66. The van der Waals surface area contributed by atoms with Crippen molar-refractivity contribution in [3.8, 4) is 0 Å². The van der Waals surface area contributed by atoms with Crippen LogP contribution in [-0.2, 0) is 0 Å². The lowest BCUT2D eigenvalue weighted by molar-refractivity contribution is -0.523. The number of nitrogens with zero attached hydrogens (tertiary/aromatic N) is 1. The molecule has 0 saturated carbocycles. The van der Waals surface area contributed by atoms with Crippen LogP contribution in [-0.4, -0.2) is 23.2 Å². The Bertz CT molecular complexity index is 150. The zero-order valence-electron chi connectivity index (χ0n) is 5.39. The molecule has 1 aromatic heterocycles. The van der Waals surface area contributed by atoms with Gasteiger partial charge in [0, 0.05) is 0 Å². The first-order valence-corrected chi connectivity index (χ1v) is 6.12. The summed E-state index contributed by atoms with van der Waals surface area (Å²) in [5.74, 6) is 0. The molecule has 0 unspecified atom stereocenters. The Kier molecular flexibility index (Phi) is 2.72. The predicted octanol–water partition coefficient (Wildman–Crippen LogP) is -0.173. The van der Waals surface area contributed by atoms with Gasteiger partial charge in [-0.25, -0.2) is 0 Å². The maximum absolute atomic E-state index is 3.01. The van der Waals surface area contributed by atoms with Crippen molar-refractivity contribution in [1.29, 1.82) is 0 Å². The molecular formula is C5H9N2Si2+.